The smallest absolute Gasteiger partial charge is 0.413 e. The van der Waals surface area contributed by atoms with Gasteiger partial charge in [0.25, 0.3) is 0 Å². The number of carbonyl (C=O) groups excluding carboxylic acids is 2. The quantitative estimate of drug-likeness (QED) is 0.215. The molecule has 35 heavy (non-hydrogen) atoms. The number of aromatic hydroxyl groups is 2. The topological polar surface area (TPSA) is 182 Å². The van der Waals surface area contributed by atoms with Crippen molar-refractivity contribution < 1.29 is 29.0 Å². The molecule has 1 saturated heterocycles. The highest BCUT2D eigenvalue weighted by Gasteiger charge is 2.36. The Bertz CT molecular complexity index is 1390. The summed E-state index contributed by atoms with van der Waals surface area (Å²) in [5.41, 5.74) is 5.52. The maximum Gasteiger partial charge on any atom is 0.413 e. The van der Waals surface area contributed by atoms with Gasteiger partial charge in [-0.15, -0.1) is 12.3 Å². The molecule has 1 aliphatic heterocycles. The first-order chi connectivity index (χ1) is 16.7. The third kappa shape index (κ3) is 5.35. The van der Waals surface area contributed by atoms with Gasteiger partial charge in [-0.3, -0.25) is 9.59 Å². The lowest BCUT2D eigenvalue weighted by atomic mass is 10.0. The van der Waals surface area contributed by atoms with Crippen LogP contribution in [0.3, 0.4) is 0 Å². The molecule has 0 radical (unpaired) electrons. The van der Waals surface area contributed by atoms with E-state index in [1.807, 2.05) is 6.92 Å². The zero-order valence-corrected chi connectivity index (χ0v) is 18.5. The maximum atomic E-state index is 12.8. The van der Waals surface area contributed by atoms with Crippen LogP contribution in [0.5, 0.6) is 17.2 Å². The van der Waals surface area contributed by atoms with Crippen LogP contribution in [0.15, 0.2) is 51.9 Å². The average Bonchev–Trinajstić information content (AvgIpc) is 3.55. The molecule has 180 valence electrons. The number of fused-ring (bicyclic) bond motifs is 1. The molecule has 11 heteroatoms. The molecule has 0 saturated carbocycles. The van der Waals surface area contributed by atoms with Gasteiger partial charge in [-0.1, -0.05) is 12.1 Å². The summed E-state index contributed by atoms with van der Waals surface area (Å²) in [6.45, 7) is 2.15. The molecule has 0 spiro atoms. The van der Waals surface area contributed by atoms with Gasteiger partial charge >= 0.3 is 6.09 Å². The number of nitrogens with one attached hydrogen (secondary N) is 4. The van der Waals surface area contributed by atoms with Crippen molar-refractivity contribution in [2.24, 2.45) is 0 Å². The van der Waals surface area contributed by atoms with E-state index in [4.69, 9.17) is 15.6 Å². The van der Waals surface area contributed by atoms with Crippen LogP contribution >= 0.6 is 0 Å². The second-order valence-electron chi connectivity index (χ2n) is 8.14. The molecule has 1 fully saturated rings. The second kappa shape index (κ2) is 9.38. The van der Waals surface area contributed by atoms with E-state index in [1.165, 1.54) is 36.6 Å². The molecule has 2 amide bonds. The molecule has 0 aliphatic carbocycles. The number of terminal acetylenes is 1. The Morgan fingerprint density at radius 2 is 1.94 bits per heavy atom. The van der Waals surface area contributed by atoms with E-state index in [1.54, 1.807) is 0 Å². The molecular weight excluding hydrogens is 456 g/mol. The standard InChI is InChI=1S/C24H22N4O7/c1-3-4-17(22(32)25-12-24(2)27-28-24)26-23(33)35-15-7-5-13(6-8-15)16-11-34-19-10-14(29)9-18(30)20(19)21(16)31/h1,5-11,17,27-30H,4,12H2,2H3,(H,25,32)(H,26,33). The number of rotatable bonds is 7. The molecular formula is C24H22N4O7. The van der Waals surface area contributed by atoms with Crippen molar-refractivity contribution in [3.8, 4) is 40.7 Å². The Kier molecular flexibility index (Phi) is 6.33. The van der Waals surface area contributed by atoms with Gasteiger partial charge in [0.05, 0.1) is 12.1 Å². The van der Waals surface area contributed by atoms with E-state index in [0.717, 1.165) is 6.07 Å². The van der Waals surface area contributed by atoms with Gasteiger partial charge in [-0.2, -0.15) is 0 Å². The first-order valence-corrected chi connectivity index (χ1v) is 10.5. The lowest BCUT2D eigenvalue weighted by Gasteiger charge is -2.17. The zero-order valence-electron chi connectivity index (χ0n) is 18.5. The second-order valence-corrected chi connectivity index (χ2v) is 8.14. The molecule has 1 aliphatic rings. The Hall–Kier alpha value is -4.53. The fraction of sp³-hybridized carbons (Fsp3) is 0.208. The summed E-state index contributed by atoms with van der Waals surface area (Å²) in [5.74, 6) is 1.41. The molecule has 4 rings (SSSR count). The van der Waals surface area contributed by atoms with Crippen molar-refractivity contribution in [3.63, 3.8) is 0 Å². The predicted octanol–water partition coefficient (Wildman–Crippen LogP) is 1.29. The van der Waals surface area contributed by atoms with E-state index >= 15 is 0 Å². The van der Waals surface area contributed by atoms with Gasteiger partial charge in [0, 0.05) is 18.6 Å². The van der Waals surface area contributed by atoms with E-state index in [9.17, 15) is 24.6 Å². The summed E-state index contributed by atoms with van der Waals surface area (Å²) in [6.07, 6.45) is 5.62. The van der Waals surface area contributed by atoms with Gasteiger partial charge in [-0.25, -0.2) is 15.6 Å². The average molecular weight is 478 g/mol. The van der Waals surface area contributed by atoms with Gasteiger partial charge in [0.15, 0.2) is 0 Å². The maximum absolute atomic E-state index is 12.8. The Labute approximate surface area is 199 Å². The van der Waals surface area contributed by atoms with E-state index < -0.39 is 29.2 Å². The van der Waals surface area contributed by atoms with Crippen molar-refractivity contribution in [1.29, 1.82) is 0 Å². The highest BCUT2D eigenvalue weighted by Crippen LogP contribution is 2.30. The first-order valence-electron chi connectivity index (χ1n) is 10.5. The number of benzene rings is 2. The fourth-order valence-corrected chi connectivity index (χ4v) is 3.31. The number of carbonyl (C=O) groups is 2. The molecule has 1 atom stereocenters. The third-order valence-corrected chi connectivity index (χ3v) is 5.32. The van der Waals surface area contributed by atoms with Crippen molar-refractivity contribution >= 4 is 23.0 Å². The summed E-state index contributed by atoms with van der Waals surface area (Å²) in [4.78, 5) is 37.5. The highest BCUT2D eigenvalue weighted by atomic mass is 16.6. The van der Waals surface area contributed by atoms with Crippen LogP contribution in [-0.4, -0.2) is 40.5 Å². The summed E-state index contributed by atoms with van der Waals surface area (Å²) >= 11 is 0. The number of phenolic OH excluding ortho intramolecular Hbond substituents is 2. The van der Waals surface area contributed by atoms with Crippen molar-refractivity contribution in [2.45, 2.75) is 25.0 Å². The molecule has 6 N–H and O–H groups in total. The zero-order chi connectivity index (χ0) is 25.2. The van der Waals surface area contributed by atoms with Crippen LogP contribution < -0.4 is 31.7 Å². The minimum atomic E-state index is -0.983. The van der Waals surface area contributed by atoms with E-state index in [-0.39, 0.29) is 40.1 Å². The number of hydrazine groups is 1. The van der Waals surface area contributed by atoms with Crippen molar-refractivity contribution in [3.05, 3.63) is 52.9 Å². The summed E-state index contributed by atoms with van der Waals surface area (Å²) in [6, 6.07) is 7.26. The Balaban J connectivity index is 1.43. The monoisotopic (exact) mass is 478 g/mol. The Morgan fingerprint density at radius 1 is 1.23 bits per heavy atom. The predicted molar refractivity (Wildman–Crippen MR) is 125 cm³/mol. The van der Waals surface area contributed by atoms with Crippen LogP contribution in [0.2, 0.25) is 0 Å². The van der Waals surface area contributed by atoms with Crippen LogP contribution in [-0.2, 0) is 4.79 Å². The van der Waals surface area contributed by atoms with Crippen molar-refractivity contribution in [2.75, 3.05) is 6.54 Å². The van der Waals surface area contributed by atoms with Crippen LogP contribution in [0.1, 0.15) is 13.3 Å². The molecule has 2 heterocycles. The molecule has 3 aromatic rings. The van der Waals surface area contributed by atoms with Crippen LogP contribution in [0.4, 0.5) is 4.79 Å². The van der Waals surface area contributed by atoms with Crippen LogP contribution in [0, 0.1) is 12.3 Å². The highest BCUT2D eigenvalue weighted by molar-refractivity contribution is 5.88. The lowest BCUT2D eigenvalue weighted by Crippen LogP contribution is -2.49. The fourth-order valence-electron chi connectivity index (χ4n) is 3.31. The lowest BCUT2D eigenvalue weighted by molar-refractivity contribution is -0.123. The normalized spacial score (nSPS) is 14.5. The summed E-state index contributed by atoms with van der Waals surface area (Å²) < 4.78 is 10.6. The van der Waals surface area contributed by atoms with Crippen molar-refractivity contribution in [1.82, 2.24) is 21.5 Å². The Morgan fingerprint density at radius 3 is 2.60 bits per heavy atom. The van der Waals surface area contributed by atoms with Gasteiger partial charge in [-0.05, 0) is 24.6 Å². The van der Waals surface area contributed by atoms with E-state index in [0.29, 0.717) is 12.1 Å². The number of hydrogen-bond donors (Lipinski definition) is 6. The first kappa shape index (κ1) is 23.6. The summed E-state index contributed by atoms with van der Waals surface area (Å²) in [5, 5.41) is 24.7. The third-order valence-electron chi connectivity index (χ3n) is 5.32. The van der Waals surface area contributed by atoms with Crippen LogP contribution in [0.25, 0.3) is 22.1 Å². The molecule has 0 bridgehead atoms. The number of phenols is 2. The van der Waals surface area contributed by atoms with Gasteiger partial charge < -0.3 is 30.0 Å². The molecule has 1 aromatic heterocycles. The SMILES string of the molecule is C#CCC(NC(=O)Oc1ccc(-c2coc3cc(O)cc(O)c3c2=O)cc1)C(=O)NCC1(C)NN1. The minimum absolute atomic E-state index is 0.0280. The number of ether oxygens (including phenoxy) is 1. The molecule has 11 nitrogen and oxygen atoms in total. The number of amides is 2. The summed E-state index contributed by atoms with van der Waals surface area (Å²) in [7, 11) is 0. The van der Waals surface area contributed by atoms with Gasteiger partial charge in [0.2, 0.25) is 11.3 Å². The molecule has 2 aromatic carbocycles. The minimum Gasteiger partial charge on any atom is -0.508 e. The van der Waals surface area contributed by atoms with E-state index in [2.05, 4.69) is 27.4 Å². The van der Waals surface area contributed by atoms with Gasteiger partial charge in [0.1, 0.15) is 46.2 Å². The number of hydrogen-bond acceptors (Lipinski definition) is 9. The largest absolute Gasteiger partial charge is 0.508 e. The molecule has 1 unspecified atom stereocenters.